The molecule has 0 radical (unpaired) electrons. The van der Waals surface area contributed by atoms with Crippen LogP contribution >= 0.6 is 27.7 Å². The van der Waals surface area contributed by atoms with Crippen molar-refractivity contribution in [3.8, 4) is 17.2 Å². The van der Waals surface area contributed by atoms with Gasteiger partial charge in [0.15, 0.2) is 16.7 Å². The van der Waals surface area contributed by atoms with Crippen molar-refractivity contribution >= 4 is 50.5 Å². The number of aliphatic imine (C=N–C) groups is 1. The highest BCUT2D eigenvalue weighted by molar-refractivity contribution is 9.10. The molecule has 6 nitrogen and oxygen atoms in total. The maximum atomic E-state index is 12.9. The van der Waals surface area contributed by atoms with Gasteiger partial charge in [-0.05, 0) is 68.1 Å². The van der Waals surface area contributed by atoms with Gasteiger partial charge in [-0.2, -0.15) is 0 Å². The number of nitrogens with zero attached hydrogens (tertiary/aromatic N) is 2. The standard InChI is InChI=1S/C21H21BrN2O4S/c1-4-24-20(26)18(11-13-10-14(22)12-17(19(13)25)28-5-2)29-21(24)23-15-6-8-16(27-3)9-7-15/h6-12,25H,4-5H2,1-3H3/b18-11+,23-21?. The topological polar surface area (TPSA) is 71.4 Å². The fourth-order valence-electron chi connectivity index (χ4n) is 2.75. The molecule has 0 aliphatic carbocycles. The molecule has 1 saturated heterocycles. The number of amidine groups is 1. The molecule has 0 aromatic heterocycles. The summed E-state index contributed by atoms with van der Waals surface area (Å²) in [5.41, 5.74) is 1.23. The van der Waals surface area contributed by atoms with Gasteiger partial charge in [0.2, 0.25) is 0 Å². The monoisotopic (exact) mass is 476 g/mol. The zero-order valence-electron chi connectivity index (χ0n) is 16.3. The Bertz CT molecular complexity index is 973. The second kappa shape index (κ2) is 9.37. The van der Waals surface area contributed by atoms with Crippen LogP contribution in [0.5, 0.6) is 17.2 Å². The molecule has 0 atom stereocenters. The molecular formula is C21H21BrN2O4S. The Morgan fingerprint density at radius 1 is 1.24 bits per heavy atom. The van der Waals surface area contributed by atoms with E-state index in [4.69, 9.17) is 9.47 Å². The number of benzene rings is 2. The van der Waals surface area contributed by atoms with Crippen LogP contribution in [0, 0.1) is 0 Å². The highest BCUT2D eigenvalue weighted by Gasteiger charge is 2.32. The van der Waals surface area contributed by atoms with Crippen LogP contribution in [0.2, 0.25) is 0 Å². The van der Waals surface area contributed by atoms with E-state index in [-0.39, 0.29) is 11.7 Å². The Labute approximate surface area is 182 Å². The average Bonchev–Trinajstić information content (AvgIpc) is 3.00. The second-order valence-electron chi connectivity index (χ2n) is 6.03. The van der Waals surface area contributed by atoms with Crippen LogP contribution in [-0.2, 0) is 4.79 Å². The maximum absolute atomic E-state index is 12.9. The van der Waals surface area contributed by atoms with Gasteiger partial charge in [-0.15, -0.1) is 0 Å². The molecule has 152 valence electrons. The number of ether oxygens (including phenoxy) is 2. The van der Waals surface area contributed by atoms with E-state index in [1.54, 1.807) is 30.2 Å². The fourth-order valence-corrected chi connectivity index (χ4v) is 4.26. The summed E-state index contributed by atoms with van der Waals surface area (Å²) >= 11 is 4.69. The molecule has 1 aliphatic heterocycles. The number of amides is 1. The summed E-state index contributed by atoms with van der Waals surface area (Å²) in [6.45, 7) is 4.66. The first kappa shape index (κ1) is 21.3. The van der Waals surface area contributed by atoms with E-state index in [1.165, 1.54) is 11.8 Å². The van der Waals surface area contributed by atoms with E-state index in [9.17, 15) is 9.90 Å². The van der Waals surface area contributed by atoms with Crippen molar-refractivity contribution in [1.29, 1.82) is 0 Å². The van der Waals surface area contributed by atoms with Gasteiger partial charge in [0.25, 0.3) is 5.91 Å². The molecule has 2 aromatic rings. The summed E-state index contributed by atoms with van der Waals surface area (Å²) in [6, 6.07) is 10.8. The van der Waals surface area contributed by atoms with Crippen LogP contribution < -0.4 is 9.47 Å². The lowest BCUT2D eigenvalue weighted by Crippen LogP contribution is -2.28. The zero-order valence-corrected chi connectivity index (χ0v) is 18.7. The van der Waals surface area contributed by atoms with E-state index in [0.717, 1.165) is 15.9 Å². The van der Waals surface area contributed by atoms with Crippen molar-refractivity contribution in [2.45, 2.75) is 13.8 Å². The number of methoxy groups -OCH3 is 1. The second-order valence-corrected chi connectivity index (χ2v) is 7.95. The zero-order chi connectivity index (χ0) is 21.0. The lowest BCUT2D eigenvalue weighted by Gasteiger charge is -2.12. The molecule has 1 aliphatic rings. The summed E-state index contributed by atoms with van der Waals surface area (Å²) in [6.07, 6.45) is 1.66. The van der Waals surface area contributed by atoms with Crippen molar-refractivity contribution in [2.75, 3.05) is 20.3 Å². The Kier molecular flexibility index (Phi) is 6.87. The first-order chi connectivity index (χ1) is 14.0. The van der Waals surface area contributed by atoms with E-state index >= 15 is 0 Å². The number of hydrogen-bond acceptors (Lipinski definition) is 6. The highest BCUT2D eigenvalue weighted by Crippen LogP contribution is 2.39. The molecule has 1 heterocycles. The van der Waals surface area contributed by atoms with Gasteiger partial charge >= 0.3 is 0 Å². The Morgan fingerprint density at radius 2 is 1.97 bits per heavy atom. The van der Waals surface area contributed by atoms with Crippen LogP contribution in [-0.4, -0.2) is 41.3 Å². The molecule has 8 heteroatoms. The number of rotatable bonds is 6. The van der Waals surface area contributed by atoms with E-state index in [1.807, 2.05) is 38.1 Å². The van der Waals surface area contributed by atoms with Gasteiger partial charge in [-0.1, -0.05) is 15.9 Å². The van der Waals surface area contributed by atoms with Crippen LogP contribution in [0.3, 0.4) is 0 Å². The van der Waals surface area contributed by atoms with Gasteiger partial charge in [0.1, 0.15) is 5.75 Å². The van der Waals surface area contributed by atoms with Gasteiger partial charge in [-0.3, -0.25) is 9.69 Å². The first-order valence-corrected chi connectivity index (χ1v) is 10.7. The Morgan fingerprint density at radius 3 is 2.59 bits per heavy atom. The minimum absolute atomic E-state index is 0.000424. The number of halogens is 1. The third-order valence-corrected chi connectivity index (χ3v) is 5.62. The number of carbonyl (C=O) groups excluding carboxylic acids is 1. The SMILES string of the molecule is CCOc1cc(Br)cc(/C=C2/SC(=Nc3ccc(OC)cc3)N(CC)C2=O)c1O. The minimum atomic E-state index is -0.151. The average molecular weight is 477 g/mol. The first-order valence-electron chi connectivity index (χ1n) is 9.06. The van der Waals surface area contributed by atoms with E-state index < -0.39 is 0 Å². The van der Waals surface area contributed by atoms with Crippen LogP contribution in [0.25, 0.3) is 6.08 Å². The minimum Gasteiger partial charge on any atom is -0.504 e. The largest absolute Gasteiger partial charge is 0.504 e. The summed E-state index contributed by atoms with van der Waals surface area (Å²) in [5, 5.41) is 11.1. The van der Waals surface area contributed by atoms with Gasteiger partial charge < -0.3 is 14.6 Å². The molecule has 0 unspecified atom stereocenters. The molecule has 1 amide bonds. The number of thioether (sulfide) groups is 1. The normalized spacial score (nSPS) is 16.7. The number of hydrogen-bond donors (Lipinski definition) is 1. The summed E-state index contributed by atoms with van der Waals surface area (Å²) < 4.78 is 11.4. The molecule has 29 heavy (non-hydrogen) atoms. The molecule has 2 aromatic carbocycles. The number of phenols is 1. The van der Waals surface area contributed by atoms with Gasteiger partial charge in [0, 0.05) is 16.6 Å². The predicted molar refractivity (Wildman–Crippen MR) is 120 cm³/mol. The molecule has 3 rings (SSSR count). The van der Waals surface area contributed by atoms with Crippen molar-refractivity contribution in [1.82, 2.24) is 4.90 Å². The molecular weight excluding hydrogens is 456 g/mol. The number of carbonyl (C=O) groups is 1. The quantitative estimate of drug-likeness (QED) is 0.581. The van der Waals surface area contributed by atoms with Crippen molar-refractivity contribution in [2.24, 2.45) is 4.99 Å². The number of aromatic hydroxyl groups is 1. The van der Waals surface area contributed by atoms with Crippen molar-refractivity contribution in [3.63, 3.8) is 0 Å². The molecule has 1 fully saturated rings. The van der Waals surface area contributed by atoms with Crippen LogP contribution in [0.4, 0.5) is 5.69 Å². The van der Waals surface area contributed by atoms with Crippen LogP contribution in [0.15, 0.2) is 50.8 Å². The summed E-state index contributed by atoms with van der Waals surface area (Å²) in [5.74, 6) is 0.956. The van der Waals surface area contributed by atoms with Crippen LogP contribution in [0.1, 0.15) is 19.4 Å². The lowest BCUT2D eigenvalue weighted by molar-refractivity contribution is -0.122. The highest BCUT2D eigenvalue weighted by atomic mass is 79.9. The molecule has 1 N–H and O–H groups in total. The number of phenolic OH excluding ortho intramolecular Hbond substituents is 1. The third kappa shape index (κ3) is 4.76. The van der Waals surface area contributed by atoms with E-state index in [2.05, 4.69) is 20.9 Å². The smallest absolute Gasteiger partial charge is 0.266 e. The van der Waals surface area contributed by atoms with Crippen molar-refractivity contribution in [3.05, 3.63) is 51.3 Å². The predicted octanol–water partition coefficient (Wildman–Crippen LogP) is 5.19. The lowest BCUT2D eigenvalue weighted by atomic mass is 10.1. The third-order valence-electron chi connectivity index (χ3n) is 4.16. The number of likely N-dealkylation sites (N-methyl/N-ethyl adjacent to an activating group) is 1. The van der Waals surface area contributed by atoms with E-state index in [0.29, 0.717) is 34.5 Å². The molecule has 0 bridgehead atoms. The molecule has 0 saturated carbocycles. The Balaban J connectivity index is 1.95. The summed E-state index contributed by atoms with van der Waals surface area (Å²) in [7, 11) is 1.61. The molecule has 0 spiro atoms. The van der Waals surface area contributed by atoms with Crippen molar-refractivity contribution < 1.29 is 19.4 Å². The van der Waals surface area contributed by atoms with Gasteiger partial charge in [-0.25, -0.2) is 4.99 Å². The van der Waals surface area contributed by atoms with Gasteiger partial charge in [0.05, 0.1) is 24.3 Å². The maximum Gasteiger partial charge on any atom is 0.266 e. The summed E-state index contributed by atoms with van der Waals surface area (Å²) in [4.78, 5) is 19.6. The Hall–Kier alpha value is -2.45. The fraction of sp³-hybridized carbons (Fsp3) is 0.238.